The van der Waals surface area contributed by atoms with Gasteiger partial charge in [-0.05, 0) is 57.9 Å². The number of aliphatic hydroxyl groups excluding tert-OH is 3. The van der Waals surface area contributed by atoms with E-state index >= 15 is 0 Å². The fraction of sp³-hybridized carbons (Fsp3) is 0.606. The molecule has 4 atom stereocenters. The van der Waals surface area contributed by atoms with E-state index in [2.05, 4.69) is 26.2 Å². The fourth-order valence-corrected chi connectivity index (χ4v) is 6.28. The Bertz CT molecular complexity index is 1100. The van der Waals surface area contributed by atoms with Crippen LogP contribution < -0.4 is 5.32 Å². The second kappa shape index (κ2) is 14.1. The Labute approximate surface area is 245 Å². The number of ether oxygens (including phenoxy) is 1. The Hall–Kier alpha value is -2.49. The summed E-state index contributed by atoms with van der Waals surface area (Å²) < 4.78 is 6.96. The van der Waals surface area contributed by atoms with Crippen LogP contribution in [-0.2, 0) is 16.1 Å². The monoisotopic (exact) mass is 571 g/mol. The number of piperidine rings is 1. The Kier molecular flexibility index (Phi) is 11.4. The number of aliphatic hydroxyl groups is 3. The van der Waals surface area contributed by atoms with Crippen molar-refractivity contribution in [3.63, 3.8) is 0 Å². The van der Waals surface area contributed by atoms with E-state index in [4.69, 9.17) is 9.84 Å². The number of β-amino-alcohol motifs (C(OH)–C–C–N with tert-alkyl or cyclic N) is 1. The molecule has 0 saturated carbocycles. The van der Waals surface area contributed by atoms with Crippen LogP contribution in [-0.4, -0.2) is 80.8 Å². The van der Waals surface area contributed by atoms with E-state index in [1.807, 2.05) is 51.1 Å². The number of fused-ring (bicyclic) bond motifs is 2. The predicted octanol–water partition coefficient (Wildman–Crippen LogP) is 4.16. The van der Waals surface area contributed by atoms with Gasteiger partial charge in [-0.1, -0.05) is 36.4 Å². The zero-order valence-corrected chi connectivity index (χ0v) is 25.6. The number of phenols is 1. The van der Waals surface area contributed by atoms with Crippen LogP contribution in [0.4, 0.5) is 0 Å². The molecule has 0 aromatic heterocycles. The van der Waals surface area contributed by atoms with E-state index in [9.17, 15) is 20.1 Å². The summed E-state index contributed by atoms with van der Waals surface area (Å²) in [6, 6.07) is 16.0. The SMILES string of the molecule is CC(C)(C)NCC(O)c1ccc(O)c(CO)c1.CC(C)[N+]1(C)C2CCC1CC(OC(=O)C(CO)c1ccccc1)C2. The van der Waals surface area contributed by atoms with Crippen LogP contribution in [0.5, 0.6) is 5.75 Å². The van der Waals surface area contributed by atoms with Crippen molar-refractivity contribution >= 4 is 5.97 Å². The van der Waals surface area contributed by atoms with Gasteiger partial charge >= 0.3 is 5.97 Å². The third-order valence-corrected chi connectivity index (χ3v) is 9.03. The zero-order valence-electron chi connectivity index (χ0n) is 25.6. The Morgan fingerprint density at radius 3 is 2.15 bits per heavy atom. The molecule has 8 heteroatoms. The second-order valence-corrected chi connectivity index (χ2v) is 13.1. The summed E-state index contributed by atoms with van der Waals surface area (Å²) in [5.41, 5.74) is 1.88. The van der Waals surface area contributed by atoms with Gasteiger partial charge in [0.25, 0.3) is 0 Å². The minimum absolute atomic E-state index is 0.00212. The maximum atomic E-state index is 12.6. The summed E-state index contributed by atoms with van der Waals surface area (Å²) in [6.07, 6.45) is 3.71. The van der Waals surface area contributed by atoms with E-state index in [0.717, 1.165) is 22.9 Å². The summed E-state index contributed by atoms with van der Waals surface area (Å²) in [7, 11) is 2.37. The number of carbonyl (C=O) groups is 1. The molecule has 0 amide bonds. The van der Waals surface area contributed by atoms with Crippen LogP contribution in [0.1, 0.15) is 89.0 Å². The van der Waals surface area contributed by atoms with Gasteiger partial charge in [-0.3, -0.25) is 4.79 Å². The number of nitrogens with zero attached hydrogens (tertiary/aromatic N) is 1. The van der Waals surface area contributed by atoms with Crippen LogP contribution in [0.2, 0.25) is 0 Å². The molecule has 2 aromatic carbocycles. The van der Waals surface area contributed by atoms with Gasteiger partial charge in [-0.25, -0.2) is 0 Å². The fourth-order valence-electron chi connectivity index (χ4n) is 6.28. The number of rotatable bonds is 9. The molecule has 2 aromatic rings. The van der Waals surface area contributed by atoms with E-state index in [1.54, 1.807) is 12.1 Å². The molecule has 2 heterocycles. The lowest BCUT2D eigenvalue weighted by Crippen LogP contribution is -2.62. The van der Waals surface area contributed by atoms with E-state index < -0.39 is 12.0 Å². The van der Waals surface area contributed by atoms with Gasteiger partial charge in [-0.15, -0.1) is 0 Å². The van der Waals surface area contributed by atoms with Gasteiger partial charge in [0, 0.05) is 43.3 Å². The van der Waals surface area contributed by atoms with Crippen molar-refractivity contribution in [2.75, 3.05) is 20.2 Å². The van der Waals surface area contributed by atoms with Gasteiger partial charge in [0.15, 0.2) is 0 Å². The Morgan fingerprint density at radius 1 is 1.02 bits per heavy atom. The summed E-state index contributed by atoms with van der Waals surface area (Å²) >= 11 is 0. The van der Waals surface area contributed by atoms with Crippen molar-refractivity contribution in [1.82, 2.24) is 5.32 Å². The molecule has 0 aliphatic carbocycles. The quantitative estimate of drug-likeness (QED) is 0.227. The molecular weight excluding hydrogens is 520 g/mol. The molecule has 4 unspecified atom stereocenters. The highest BCUT2D eigenvalue weighted by molar-refractivity contribution is 5.78. The number of aromatic hydroxyl groups is 1. The van der Waals surface area contributed by atoms with Crippen molar-refractivity contribution < 1.29 is 34.4 Å². The smallest absolute Gasteiger partial charge is 0.316 e. The van der Waals surface area contributed by atoms with E-state index in [0.29, 0.717) is 35.8 Å². The number of hydrogen-bond acceptors (Lipinski definition) is 7. The van der Waals surface area contributed by atoms with Crippen LogP contribution in [0, 0.1) is 0 Å². The van der Waals surface area contributed by atoms with Gasteiger partial charge < -0.3 is 35.0 Å². The predicted molar refractivity (Wildman–Crippen MR) is 160 cm³/mol. The molecule has 5 N–H and O–H groups in total. The largest absolute Gasteiger partial charge is 0.508 e. The lowest BCUT2D eigenvalue weighted by Gasteiger charge is -2.49. The lowest BCUT2D eigenvalue weighted by molar-refractivity contribution is -0.968. The molecule has 2 aliphatic rings. The molecule has 2 bridgehead atoms. The molecule has 4 rings (SSSR count). The van der Waals surface area contributed by atoms with Crippen molar-refractivity contribution in [2.45, 2.75) is 109 Å². The Morgan fingerprint density at radius 2 is 1.63 bits per heavy atom. The maximum absolute atomic E-state index is 12.6. The number of quaternary nitrogens is 1. The highest BCUT2D eigenvalue weighted by Crippen LogP contribution is 2.44. The number of carbonyl (C=O) groups excluding carboxylic acids is 1. The molecule has 2 fully saturated rings. The molecule has 41 heavy (non-hydrogen) atoms. The van der Waals surface area contributed by atoms with Crippen molar-refractivity contribution in [3.8, 4) is 5.75 Å². The first-order valence-electron chi connectivity index (χ1n) is 14.9. The number of hydrogen-bond donors (Lipinski definition) is 5. The molecule has 0 spiro atoms. The van der Waals surface area contributed by atoms with Crippen LogP contribution in [0.15, 0.2) is 48.5 Å². The van der Waals surface area contributed by atoms with Gasteiger partial charge in [-0.2, -0.15) is 0 Å². The summed E-state index contributed by atoms with van der Waals surface area (Å²) in [4.78, 5) is 12.6. The van der Waals surface area contributed by atoms with Gasteiger partial charge in [0.05, 0.1) is 44.5 Å². The number of benzene rings is 2. The van der Waals surface area contributed by atoms with Gasteiger partial charge in [0.2, 0.25) is 0 Å². The average Bonchev–Trinajstić information content (AvgIpc) is 3.09. The number of nitrogens with one attached hydrogen (secondary N) is 1. The molecular formula is C33H51N2O6+. The maximum Gasteiger partial charge on any atom is 0.316 e. The molecule has 2 saturated heterocycles. The highest BCUT2D eigenvalue weighted by atomic mass is 16.5. The summed E-state index contributed by atoms with van der Waals surface area (Å²) in [6.45, 7) is 10.7. The first-order valence-corrected chi connectivity index (χ1v) is 14.9. The molecule has 228 valence electrons. The topological polar surface area (TPSA) is 119 Å². The van der Waals surface area contributed by atoms with Crippen LogP contribution >= 0.6 is 0 Å². The minimum Gasteiger partial charge on any atom is -0.508 e. The third kappa shape index (κ3) is 8.30. The Balaban J connectivity index is 0.000000241. The van der Waals surface area contributed by atoms with E-state index in [1.165, 1.54) is 18.9 Å². The second-order valence-electron chi connectivity index (χ2n) is 13.1. The highest BCUT2D eigenvalue weighted by Gasteiger charge is 2.53. The van der Waals surface area contributed by atoms with Crippen molar-refractivity contribution in [3.05, 3.63) is 65.2 Å². The summed E-state index contributed by atoms with van der Waals surface area (Å²) in [5, 5.41) is 41.3. The molecule has 2 aliphatic heterocycles. The average molecular weight is 572 g/mol. The lowest BCUT2D eigenvalue weighted by atomic mass is 9.94. The van der Waals surface area contributed by atoms with Crippen molar-refractivity contribution in [2.24, 2.45) is 0 Å². The standard InChI is InChI=1S/C20H30NO3.C13H21NO3/c1-14(2)21(3)16-9-10-17(21)12-18(11-16)24-20(23)19(13-22)15-7-5-4-6-8-15;1-13(2,3)14-7-12(17)9-4-5-11(16)10(6-9)8-15/h4-8,14,16-19,22H,9-13H2,1-3H3;4-6,12,14-17H,7-8H2,1-3H3/q+1;. The van der Waals surface area contributed by atoms with E-state index in [-0.39, 0.29) is 36.6 Å². The van der Waals surface area contributed by atoms with Crippen LogP contribution in [0.25, 0.3) is 0 Å². The first kappa shape index (κ1) is 33.0. The van der Waals surface area contributed by atoms with Crippen molar-refractivity contribution in [1.29, 1.82) is 0 Å². The normalized spacial score (nSPS) is 25.3. The minimum atomic E-state index is -0.653. The number of esters is 1. The third-order valence-electron chi connectivity index (χ3n) is 9.03. The summed E-state index contributed by atoms with van der Waals surface area (Å²) in [5.74, 6) is -0.808. The van der Waals surface area contributed by atoms with Crippen LogP contribution in [0.3, 0.4) is 0 Å². The zero-order chi connectivity index (χ0) is 30.4. The first-order chi connectivity index (χ1) is 19.3. The molecule has 8 nitrogen and oxygen atoms in total. The van der Waals surface area contributed by atoms with Gasteiger partial charge in [0.1, 0.15) is 17.8 Å². The molecule has 0 radical (unpaired) electrons.